The van der Waals surface area contributed by atoms with E-state index in [0.717, 1.165) is 0 Å². The van der Waals surface area contributed by atoms with E-state index in [2.05, 4.69) is 20.8 Å². The van der Waals surface area contributed by atoms with Gasteiger partial charge < -0.3 is 31.3 Å². The molecule has 0 saturated heterocycles. The quantitative estimate of drug-likeness (QED) is 0.222. The van der Waals surface area contributed by atoms with Crippen LogP contribution in [0.1, 0.15) is 42.6 Å². The molecule has 6 N–H and O–H groups in total. The molecule has 30 heavy (non-hydrogen) atoms. The molecular formula is C17H23N5O8. The zero-order valence-corrected chi connectivity index (χ0v) is 15.9. The third-order valence-electron chi connectivity index (χ3n) is 3.86. The van der Waals surface area contributed by atoms with Gasteiger partial charge in [-0.15, -0.1) is 5.10 Å². The number of carbonyl (C=O) groups is 5. The van der Waals surface area contributed by atoms with Crippen LogP contribution in [0.5, 0.6) is 0 Å². The van der Waals surface area contributed by atoms with E-state index in [-0.39, 0.29) is 25.1 Å². The molecule has 1 rings (SSSR count). The van der Waals surface area contributed by atoms with Gasteiger partial charge in [0.1, 0.15) is 12.1 Å². The third-order valence-corrected chi connectivity index (χ3v) is 3.86. The number of nitrogens with zero attached hydrogens (tertiary/aromatic N) is 2. The van der Waals surface area contributed by atoms with Crippen molar-refractivity contribution in [1.29, 1.82) is 0 Å². The van der Waals surface area contributed by atoms with Gasteiger partial charge in [0.25, 0.3) is 5.91 Å². The molecular weight excluding hydrogens is 402 g/mol. The Morgan fingerprint density at radius 1 is 0.933 bits per heavy atom. The Balaban J connectivity index is 2.39. The Morgan fingerprint density at radius 3 is 2.10 bits per heavy atom. The Morgan fingerprint density at radius 2 is 1.57 bits per heavy atom. The number of hydrogen-bond acceptors (Lipinski definition) is 7. The molecule has 0 aliphatic heterocycles. The highest BCUT2D eigenvalue weighted by Crippen LogP contribution is 2.03. The van der Waals surface area contributed by atoms with Crippen LogP contribution in [-0.2, 0) is 14.4 Å². The van der Waals surface area contributed by atoms with Crippen LogP contribution in [0.25, 0.3) is 0 Å². The smallest absolute Gasteiger partial charge is 0.326 e. The Bertz CT molecular complexity index is 758. The number of nitrogens with one attached hydrogen (secondary N) is 3. The molecule has 3 amide bonds. The SMILES string of the molecule is O=C(O)CC[C@H](NC(=O)N[C@@H](CCCCNC(=O)c1cccnn1)C(=O)O)C(=O)O. The normalized spacial score (nSPS) is 12.3. The first-order valence-electron chi connectivity index (χ1n) is 9.01. The lowest BCUT2D eigenvalue weighted by Crippen LogP contribution is -2.51. The van der Waals surface area contributed by atoms with Crippen LogP contribution in [0.3, 0.4) is 0 Å². The minimum atomic E-state index is -1.47. The standard InChI is InChI=1S/C17H23N5O8/c23-13(24)7-6-12(16(28)29)21-17(30)20-11(15(26)27)4-1-2-8-18-14(25)10-5-3-9-19-22-10/h3,5,9,11-12H,1-2,4,6-8H2,(H,18,25)(H,23,24)(H,26,27)(H,28,29)(H2,20,21,30)/t11-,12-/m0/s1. The zero-order chi connectivity index (χ0) is 22.5. The predicted octanol–water partition coefficient (Wildman–Crippen LogP) is -0.553. The number of amides is 3. The minimum Gasteiger partial charge on any atom is -0.481 e. The van der Waals surface area contributed by atoms with E-state index in [1.54, 1.807) is 6.07 Å². The van der Waals surface area contributed by atoms with Crippen molar-refractivity contribution in [3.05, 3.63) is 24.0 Å². The molecule has 0 spiro atoms. The topological polar surface area (TPSA) is 208 Å². The van der Waals surface area contributed by atoms with Gasteiger partial charge in [-0.25, -0.2) is 14.4 Å². The summed E-state index contributed by atoms with van der Waals surface area (Å²) in [5, 5.41) is 40.9. The van der Waals surface area contributed by atoms with Gasteiger partial charge in [0, 0.05) is 19.2 Å². The number of carbonyl (C=O) groups excluding carboxylic acids is 2. The van der Waals surface area contributed by atoms with Crippen molar-refractivity contribution in [2.45, 2.75) is 44.2 Å². The maximum absolute atomic E-state index is 11.9. The van der Waals surface area contributed by atoms with E-state index < -0.39 is 48.4 Å². The number of rotatable bonds is 13. The van der Waals surface area contributed by atoms with Gasteiger partial charge in [0.2, 0.25) is 0 Å². The van der Waals surface area contributed by atoms with Crippen molar-refractivity contribution in [3.8, 4) is 0 Å². The van der Waals surface area contributed by atoms with Crippen molar-refractivity contribution in [2.24, 2.45) is 0 Å². The second-order valence-electron chi connectivity index (χ2n) is 6.19. The molecule has 0 saturated carbocycles. The summed E-state index contributed by atoms with van der Waals surface area (Å²) in [4.78, 5) is 56.6. The summed E-state index contributed by atoms with van der Waals surface area (Å²) in [5.74, 6) is -4.39. The van der Waals surface area contributed by atoms with Crippen LogP contribution in [0, 0.1) is 0 Å². The van der Waals surface area contributed by atoms with Crippen molar-refractivity contribution < 1.29 is 39.3 Å². The van der Waals surface area contributed by atoms with Gasteiger partial charge in [-0.05, 0) is 37.8 Å². The second kappa shape index (κ2) is 12.6. The third kappa shape index (κ3) is 9.43. The second-order valence-corrected chi connectivity index (χ2v) is 6.19. The van der Waals surface area contributed by atoms with Gasteiger partial charge >= 0.3 is 23.9 Å². The monoisotopic (exact) mass is 425 g/mol. The molecule has 164 valence electrons. The maximum atomic E-state index is 11.9. The lowest BCUT2D eigenvalue weighted by molar-refractivity contribution is -0.140. The average molecular weight is 425 g/mol. The number of carboxylic acids is 3. The van der Waals surface area contributed by atoms with E-state index in [4.69, 9.17) is 10.2 Å². The summed E-state index contributed by atoms with van der Waals surface area (Å²) >= 11 is 0. The predicted molar refractivity (Wildman–Crippen MR) is 99.6 cm³/mol. The van der Waals surface area contributed by atoms with Crippen LogP contribution in [-0.4, -0.2) is 74.0 Å². The molecule has 0 aliphatic rings. The average Bonchev–Trinajstić information content (AvgIpc) is 2.69. The van der Waals surface area contributed by atoms with E-state index in [1.807, 2.05) is 5.32 Å². The van der Waals surface area contributed by atoms with Gasteiger partial charge in [-0.1, -0.05) is 0 Å². The van der Waals surface area contributed by atoms with Crippen LogP contribution in [0.4, 0.5) is 4.79 Å². The molecule has 0 bridgehead atoms. The molecule has 1 aromatic rings. The molecule has 1 heterocycles. The molecule has 2 atom stereocenters. The van der Waals surface area contributed by atoms with Gasteiger partial charge in [0.05, 0.1) is 0 Å². The number of carboxylic acid groups (broad SMARTS) is 3. The van der Waals surface area contributed by atoms with Crippen LogP contribution < -0.4 is 16.0 Å². The van der Waals surface area contributed by atoms with Crippen LogP contribution in [0.15, 0.2) is 18.3 Å². The zero-order valence-electron chi connectivity index (χ0n) is 15.9. The summed E-state index contributed by atoms with van der Waals surface area (Å²) in [7, 11) is 0. The Kier molecular flexibility index (Phi) is 10.2. The first-order chi connectivity index (χ1) is 14.2. The Labute approximate surface area is 170 Å². The van der Waals surface area contributed by atoms with Crippen LogP contribution >= 0.6 is 0 Å². The van der Waals surface area contributed by atoms with E-state index in [1.165, 1.54) is 12.3 Å². The highest BCUT2D eigenvalue weighted by atomic mass is 16.4. The van der Waals surface area contributed by atoms with Gasteiger partial charge in [-0.2, -0.15) is 5.10 Å². The summed E-state index contributed by atoms with van der Waals surface area (Å²) in [5.41, 5.74) is 0.148. The molecule has 0 fully saturated rings. The number of urea groups is 1. The first-order valence-corrected chi connectivity index (χ1v) is 9.01. The molecule has 13 nitrogen and oxygen atoms in total. The van der Waals surface area contributed by atoms with Crippen molar-refractivity contribution in [2.75, 3.05) is 6.54 Å². The fraction of sp³-hybridized carbons (Fsp3) is 0.471. The largest absolute Gasteiger partial charge is 0.481 e. The first kappa shape index (κ1) is 24.3. The number of hydrogen-bond donors (Lipinski definition) is 6. The van der Waals surface area contributed by atoms with Crippen molar-refractivity contribution in [3.63, 3.8) is 0 Å². The lowest BCUT2D eigenvalue weighted by Gasteiger charge is -2.18. The fourth-order valence-corrected chi connectivity index (χ4v) is 2.33. The molecule has 0 aliphatic carbocycles. The number of aliphatic carboxylic acids is 3. The molecule has 0 aromatic carbocycles. The van der Waals surface area contributed by atoms with E-state index in [0.29, 0.717) is 12.8 Å². The molecule has 0 radical (unpaired) electrons. The van der Waals surface area contributed by atoms with Crippen molar-refractivity contribution in [1.82, 2.24) is 26.1 Å². The molecule has 0 unspecified atom stereocenters. The summed E-state index contributed by atoms with van der Waals surface area (Å²) in [6, 6.07) is -0.726. The fourth-order valence-electron chi connectivity index (χ4n) is 2.33. The summed E-state index contributed by atoms with van der Waals surface area (Å²) in [6.07, 6.45) is 1.42. The van der Waals surface area contributed by atoms with Gasteiger partial charge in [-0.3, -0.25) is 9.59 Å². The highest BCUT2D eigenvalue weighted by molar-refractivity contribution is 5.91. The lowest BCUT2D eigenvalue weighted by atomic mass is 10.1. The number of aromatic nitrogens is 2. The van der Waals surface area contributed by atoms with Crippen molar-refractivity contribution >= 4 is 29.8 Å². The molecule has 13 heteroatoms. The highest BCUT2D eigenvalue weighted by Gasteiger charge is 2.24. The minimum absolute atomic E-state index is 0.0383. The van der Waals surface area contributed by atoms with E-state index >= 15 is 0 Å². The van der Waals surface area contributed by atoms with E-state index in [9.17, 15) is 29.1 Å². The summed E-state index contributed by atoms with van der Waals surface area (Å²) < 4.78 is 0. The maximum Gasteiger partial charge on any atom is 0.326 e. The molecule has 1 aromatic heterocycles. The summed E-state index contributed by atoms with van der Waals surface area (Å²) in [6.45, 7) is 0.254. The Hall–Kier alpha value is -3.77. The van der Waals surface area contributed by atoms with Gasteiger partial charge in [0.15, 0.2) is 5.69 Å². The number of unbranched alkanes of at least 4 members (excludes halogenated alkanes) is 1. The van der Waals surface area contributed by atoms with Crippen LogP contribution in [0.2, 0.25) is 0 Å².